The molecule has 0 spiro atoms. The molecule has 0 bridgehead atoms. The Morgan fingerprint density at radius 1 is 1.42 bits per heavy atom. The Kier molecular flexibility index (Phi) is 4.51. The minimum absolute atomic E-state index is 0. The van der Waals surface area contributed by atoms with Gasteiger partial charge >= 0.3 is 0 Å². The quantitative estimate of drug-likeness (QED) is 0.694. The zero-order chi connectivity index (χ0) is 8.48. The highest BCUT2D eigenvalue weighted by Crippen LogP contribution is 2.15. The van der Waals surface area contributed by atoms with Crippen LogP contribution in [0.3, 0.4) is 0 Å². The molecule has 1 N–H and O–H groups in total. The van der Waals surface area contributed by atoms with E-state index in [1.807, 2.05) is 6.92 Å². The minimum Gasteiger partial charge on any atom is -0.313 e. The molecule has 0 aliphatic carbocycles. The zero-order valence-electron chi connectivity index (χ0n) is 7.41. The van der Waals surface area contributed by atoms with Gasteiger partial charge in [-0.2, -0.15) is 0 Å². The molecule has 0 aromatic heterocycles. The van der Waals surface area contributed by atoms with Crippen molar-refractivity contribution in [3.63, 3.8) is 0 Å². The Morgan fingerprint density at radius 3 is 2.33 bits per heavy atom. The third-order valence-corrected chi connectivity index (χ3v) is 3.98. The molecule has 1 rings (SSSR count). The molecular weight excluding hydrogens is 198 g/mol. The summed E-state index contributed by atoms with van der Waals surface area (Å²) >= 11 is 0. The first kappa shape index (κ1) is 12.2. The van der Waals surface area contributed by atoms with Gasteiger partial charge in [-0.3, -0.25) is 0 Å². The third-order valence-electron chi connectivity index (χ3n) is 2.24. The lowest BCUT2D eigenvalue weighted by molar-refractivity contribution is 0.419. The van der Waals surface area contributed by atoms with Gasteiger partial charge in [0.1, 0.15) is 0 Å². The van der Waals surface area contributed by atoms with E-state index >= 15 is 0 Å². The Morgan fingerprint density at radius 2 is 2.00 bits per heavy atom. The van der Waals surface area contributed by atoms with Crippen molar-refractivity contribution in [1.29, 1.82) is 0 Å². The van der Waals surface area contributed by atoms with Crippen molar-refractivity contribution in [2.24, 2.45) is 0 Å². The molecule has 5 heteroatoms. The van der Waals surface area contributed by atoms with E-state index < -0.39 is 9.84 Å². The molecule has 74 valence electrons. The van der Waals surface area contributed by atoms with Crippen molar-refractivity contribution >= 4 is 22.2 Å². The highest BCUT2D eigenvalue weighted by Gasteiger charge is 2.28. The summed E-state index contributed by atoms with van der Waals surface area (Å²) in [6, 6.07) is 0.124. The van der Waals surface area contributed by atoms with Crippen LogP contribution in [0.25, 0.3) is 0 Å². The average molecular weight is 214 g/mol. The number of halogens is 1. The number of piperidine rings is 1. The van der Waals surface area contributed by atoms with E-state index in [0.717, 1.165) is 19.4 Å². The first-order valence-electron chi connectivity index (χ1n) is 3.94. The van der Waals surface area contributed by atoms with Crippen molar-refractivity contribution in [2.45, 2.75) is 31.1 Å². The third kappa shape index (κ3) is 2.92. The van der Waals surface area contributed by atoms with E-state index in [1.54, 1.807) is 0 Å². The summed E-state index contributed by atoms with van der Waals surface area (Å²) < 4.78 is 22.3. The maximum absolute atomic E-state index is 11.2. The summed E-state index contributed by atoms with van der Waals surface area (Å²) in [5.41, 5.74) is 0. The number of nitrogens with one attached hydrogen (secondary N) is 1. The molecule has 1 saturated heterocycles. The van der Waals surface area contributed by atoms with Crippen molar-refractivity contribution in [3.8, 4) is 0 Å². The zero-order valence-corrected chi connectivity index (χ0v) is 9.04. The van der Waals surface area contributed by atoms with Gasteiger partial charge in [-0.25, -0.2) is 8.42 Å². The monoisotopic (exact) mass is 213 g/mol. The van der Waals surface area contributed by atoms with Crippen LogP contribution in [0, 0.1) is 0 Å². The second-order valence-corrected chi connectivity index (χ2v) is 5.52. The largest absolute Gasteiger partial charge is 0.313 e. The van der Waals surface area contributed by atoms with Crippen LogP contribution in [0.4, 0.5) is 0 Å². The first-order chi connectivity index (χ1) is 5.02. The summed E-state index contributed by atoms with van der Waals surface area (Å²) in [7, 11) is -2.84. The molecule has 0 aromatic rings. The second kappa shape index (κ2) is 4.44. The molecule has 0 aromatic carbocycles. The Bertz CT molecular complexity index is 228. The number of rotatable bonds is 1. The summed E-state index contributed by atoms with van der Waals surface area (Å²) in [5.74, 6) is 0. The number of hydrogen-bond acceptors (Lipinski definition) is 3. The van der Waals surface area contributed by atoms with Crippen LogP contribution < -0.4 is 5.32 Å². The molecule has 2 unspecified atom stereocenters. The molecule has 0 radical (unpaired) electrons. The van der Waals surface area contributed by atoms with Gasteiger partial charge in [0.05, 0.1) is 5.25 Å². The van der Waals surface area contributed by atoms with Gasteiger partial charge < -0.3 is 5.32 Å². The Labute approximate surface area is 80.3 Å². The minimum atomic E-state index is -2.84. The predicted molar refractivity (Wildman–Crippen MR) is 52.6 cm³/mol. The van der Waals surface area contributed by atoms with Crippen molar-refractivity contribution in [3.05, 3.63) is 0 Å². The second-order valence-electron chi connectivity index (χ2n) is 3.25. The molecule has 2 atom stereocenters. The van der Waals surface area contributed by atoms with Gasteiger partial charge in [0.25, 0.3) is 0 Å². The van der Waals surface area contributed by atoms with E-state index in [9.17, 15) is 8.42 Å². The van der Waals surface area contributed by atoms with Crippen LogP contribution in [-0.4, -0.2) is 32.5 Å². The summed E-state index contributed by atoms with van der Waals surface area (Å²) in [4.78, 5) is 0. The van der Waals surface area contributed by atoms with Crippen LogP contribution >= 0.6 is 12.4 Å². The van der Waals surface area contributed by atoms with Gasteiger partial charge in [0.2, 0.25) is 0 Å². The van der Waals surface area contributed by atoms with Gasteiger partial charge in [-0.15, -0.1) is 12.4 Å². The van der Waals surface area contributed by atoms with Crippen LogP contribution in [0.15, 0.2) is 0 Å². The Balaban J connectivity index is 0.00000121. The topological polar surface area (TPSA) is 46.2 Å². The van der Waals surface area contributed by atoms with Crippen molar-refractivity contribution in [2.75, 3.05) is 12.8 Å². The van der Waals surface area contributed by atoms with Gasteiger partial charge in [0, 0.05) is 12.3 Å². The maximum Gasteiger partial charge on any atom is 0.151 e. The smallest absolute Gasteiger partial charge is 0.151 e. The van der Waals surface area contributed by atoms with E-state index in [1.165, 1.54) is 6.26 Å². The summed E-state index contributed by atoms with van der Waals surface area (Å²) in [6.45, 7) is 2.89. The van der Waals surface area contributed by atoms with E-state index in [2.05, 4.69) is 5.32 Å². The van der Waals surface area contributed by atoms with Gasteiger partial charge in [-0.05, 0) is 26.3 Å². The van der Waals surface area contributed by atoms with E-state index in [-0.39, 0.29) is 23.7 Å². The highest BCUT2D eigenvalue weighted by molar-refractivity contribution is 7.91. The molecule has 0 amide bonds. The fourth-order valence-corrected chi connectivity index (χ4v) is 3.03. The molecule has 1 aliphatic heterocycles. The standard InChI is InChI=1S/C7H15NO2S.ClH/c1-6-7(11(2,9)10)4-3-5-8-6;/h6-8H,3-5H2,1-2H3;1H. The predicted octanol–water partition coefficient (Wildman–Crippen LogP) is 0.593. The molecule has 12 heavy (non-hydrogen) atoms. The maximum atomic E-state index is 11.2. The van der Waals surface area contributed by atoms with E-state index in [4.69, 9.17) is 0 Å². The fraction of sp³-hybridized carbons (Fsp3) is 1.00. The lowest BCUT2D eigenvalue weighted by atomic mass is 10.1. The molecule has 1 aliphatic rings. The molecule has 0 saturated carbocycles. The van der Waals surface area contributed by atoms with Crippen LogP contribution in [0.2, 0.25) is 0 Å². The van der Waals surface area contributed by atoms with Crippen LogP contribution in [-0.2, 0) is 9.84 Å². The fourth-order valence-electron chi connectivity index (χ4n) is 1.60. The Hall–Kier alpha value is 0.200. The lowest BCUT2D eigenvalue weighted by Crippen LogP contribution is -2.46. The molecule has 3 nitrogen and oxygen atoms in total. The van der Waals surface area contributed by atoms with Crippen molar-refractivity contribution in [1.82, 2.24) is 5.32 Å². The van der Waals surface area contributed by atoms with Crippen molar-refractivity contribution < 1.29 is 8.42 Å². The summed E-state index contributed by atoms with van der Waals surface area (Å²) in [5, 5.41) is 2.99. The van der Waals surface area contributed by atoms with Crippen LogP contribution in [0.1, 0.15) is 19.8 Å². The average Bonchev–Trinajstić information content (AvgIpc) is 1.86. The number of hydrogen-bond donors (Lipinski definition) is 1. The normalized spacial score (nSPS) is 30.8. The summed E-state index contributed by atoms with van der Waals surface area (Å²) in [6.07, 6.45) is 3.11. The highest BCUT2D eigenvalue weighted by atomic mass is 35.5. The first-order valence-corrected chi connectivity index (χ1v) is 5.89. The SMILES string of the molecule is CC1NCCCC1S(C)(=O)=O.Cl. The van der Waals surface area contributed by atoms with Gasteiger partial charge in [-0.1, -0.05) is 0 Å². The number of sulfone groups is 1. The van der Waals surface area contributed by atoms with Crippen LogP contribution in [0.5, 0.6) is 0 Å². The lowest BCUT2D eigenvalue weighted by Gasteiger charge is -2.28. The molecule has 1 fully saturated rings. The van der Waals surface area contributed by atoms with Gasteiger partial charge in [0.15, 0.2) is 9.84 Å². The molecule has 1 heterocycles. The molecular formula is C7H16ClNO2S. The van der Waals surface area contributed by atoms with E-state index in [0.29, 0.717) is 0 Å².